The van der Waals surface area contributed by atoms with E-state index in [4.69, 9.17) is 4.74 Å². The highest BCUT2D eigenvalue weighted by atomic mass is 19.3. The summed E-state index contributed by atoms with van der Waals surface area (Å²) in [4.78, 5) is 15.5. The van der Waals surface area contributed by atoms with Gasteiger partial charge in [-0.25, -0.2) is 9.07 Å². The summed E-state index contributed by atoms with van der Waals surface area (Å²) < 4.78 is 52.1. The molecular weight excluding hydrogens is 521 g/mol. The molecule has 1 aliphatic heterocycles. The Morgan fingerprint density at radius 2 is 1.77 bits per heavy atom. The lowest BCUT2D eigenvalue weighted by Crippen LogP contribution is -2.41. The Morgan fingerprint density at radius 1 is 1.12 bits per heavy atom. The highest BCUT2D eigenvalue weighted by Crippen LogP contribution is 2.42. The van der Waals surface area contributed by atoms with Crippen molar-refractivity contribution in [2.75, 3.05) is 25.5 Å². The maximum Gasteiger partial charge on any atom is 0.303 e. The number of ether oxygens (including phenoxy) is 1. The summed E-state index contributed by atoms with van der Waals surface area (Å²) in [7, 11) is 3.10. The summed E-state index contributed by atoms with van der Waals surface area (Å²) in [5.74, 6) is -3.74. The molecule has 1 fully saturated rings. The summed E-state index contributed by atoms with van der Waals surface area (Å²) >= 11 is 0. The van der Waals surface area contributed by atoms with Gasteiger partial charge in [-0.1, -0.05) is 12.1 Å². The quantitative estimate of drug-likeness (QED) is 0.368. The van der Waals surface area contributed by atoms with Crippen molar-refractivity contribution in [1.82, 2.24) is 14.7 Å². The largest absolute Gasteiger partial charge is 0.496 e. The van der Waals surface area contributed by atoms with Gasteiger partial charge >= 0.3 is 5.92 Å². The third kappa shape index (κ3) is 5.43. The van der Waals surface area contributed by atoms with Crippen molar-refractivity contribution in [2.45, 2.75) is 77.0 Å². The Morgan fingerprint density at radius 3 is 2.35 bits per heavy atom. The van der Waals surface area contributed by atoms with Gasteiger partial charge in [0.15, 0.2) is 5.82 Å². The minimum absolute atomic E-state index is 0.0139. The maximum atomic E-state index is 15.5. The Balaban J connectivity index is 1.76. The molecule has 2 aromatic carbocycles. The number of piperidine rings is 1. The van der Waals surface area contributed by atoms with Crippen molar-refractivity contribution in [3.63, 3.8) is 0 Å². The van der Waals surface area contributed by atoms with Gasteiger partial charge < -0.3 is 20.1 Å². The summed E-state index contributed by atoms with van der Waals surface area (Å²) in [6.45, 7) is 9.79. The van der Waals surface area contributed by atoms with Crippen molar-refractivity contribution in [1.29, 1.82) is 0 Å². The third-order valence-corrected chi connectivity index (χ3v) is 8.05. The Bertz CT molecular complexity index is 1440. The van der Waals surface area contributed by atoms with Crippen LogP contribution in [0.4, 0.5) is 19.0 Å². The normalized spacial score (nSPS) is 16.5. The van der Waals surface area contributed by atoms with Crippen molar-refractivity contribution in [2.24, 2.45) is 7.05 Å². The lowest BCUT2D eigenvalue weighted by Gasteiger charge is -2.35. The first-order valence-corrected chi connectivity index (χ1v) is 13.7. The lowest BCUT2D eigenvalue weighted by atomic mass is 9.87. The number of halogens is 3. The van der Waals surface area contributed by atoms with Crippen LogP contribution in [0.1, 0.15) is 76.1 Å². The van der Waals surface area contributed by atoms with Crippen LogP contribution in [0.3, 0.4) is 0 Å². The average molecular weight is 561 g/mol. The first-order valence-electron chi connectivity index (χ1n) is 13.7. The second-order valence-electron chi connectivity index (χ2n) is 11.5. The van der Waals surface area contributed by atoms with Gasteiger partial charge in [0.25, 0.3) is 5.56 Å². The number of alkyl halides is 2. The number of fused-ring (bicyclic) bond motifs is 1. The molecule has 40 heavy (non-hydrogen) atoms. The van der Waals surface area contributed by atoms with E-state index in [1.165, 1.54) is 23.9 Å². The zero-order chi connectivity index (χ0) is 29.6. The number of hydrogen-bond acceptors (Lipinski definition) is 6. The lowest BCUT2D eigenvalue weighted by molar-refractivity contribution is -0.170. The van der Waals surface area contributed by atoms with E-state index in [0.717, 1.165) is 51.4 Å². The molecule has 0 spiro atoms. The number of anilines is 1. The third-order valence-electron chi connectivity index (χ3n) is 8.05. The number of hydrogen-bond donors (Lipinski definition) is 2. The van der Waals surface area contributed by atoms with E-state index in [0.29, 0.717) is 28.4 Å². The fourth-order valence-electron chi connectivity index (χ4n) is 5.46. The van der Waals surface area contributed by atoms with Gasteiger partial charge in [-0.2, -0.15) is 13.9 Å². The maximum absolute atomic E-state index is 15.5. The molecule has 2 N–H and O–H groups in total. The molecule has 0 unspecified atom stereocenters. The highest BCUT2D eigenvalue weighted by molar-refractivity contribution is 5.93. The van der Waals surface area contributed by atoms with E-state index in [1.54, 1.807) is 20.1 Å². The molecule has 3 aromatic rings. The van der Waals surface area contributed by atoms with Crippen LogP contribution in [-0.4, -0.2) is 51.6 Å². The second-order valence-corrected chi connectivity index (χ2v) is 11.5. The number of nitrogens with one attached hydrogen (secondary N) is 1. The minimum atomic E-state index is -3.81. The molecule has 2 heterocycles. The first-order chi connectivity index (χ1) is 18.7. The smallest absolute Gasteiger partial charge is 0.303 e. The van der Waals surface area contributed by atoms with Crippen LogP contribution in [0.15, 0.2) is 35.1 Å². The van der Waals surface area contributed by atoms with Crippen LogP contribution in [0.2, 0.25) is 0 Å². The van der Waals surface area contributed by atoms with E-state index in [2.05, 4.69) is 29.2 Å². The first kappa shape index (κ1) is 29.9. The van der Waals surface area contributed by atoms with Crippen LogP contribution in [0.25, 0.3) is 10.8 Å². The molecule has 0 aliphatic carbocycles. The van der Waals surface area contributed by atoms with Gasteiger partial charge in [-0.05, 0) is 90.2 Å². The Kier molecular flexibility index (Phi) is 8.25. The number of rotatable bonds is 8. The standard InChI is InChI=1S/C30H39F3N4O3/c1-17(2)37-13-11-19(12-14-37)21-15-22-23(16-25(21)40-7)28(38)36(6)35-27(22)34-18(3)20-9-8-10-24(26(20)31)30(32,33)29(4,5)39/h8-10,15-19,39H,11-14H2,1-7H3,(H,34,35)/t18-/m1/s1. The van der Waals surface area contributed by atoms with Crippen LogP contribution < -0.4 is 15.6 Å². The number of aromatic nitrogens is 2. The number of benzene rings is 2. The predicted molar refractivity (Wildman–Crippen MR) is 151 cm³/mol. The number of nitrogens with zero attached hydrogens (tertiary/aromatic N) is 3. The SMILES string of the molecule is COc1cc2c(=O)n(C)nc(N[C@H](C)c3cccc(C(F)(F)C(C)(C)O)c3F)c2cc1C1CCN(C(C)C)CC1. The number of aryl methyl sites for hydroxylation is 1. The molecule has 10 heteroatoms. The van der Waals surface area contributed by atoms with Gasteiger partial charge in [0.1, 0.15) is 17.2 Å². The van der Waals surface area contributed by atoms with Crippen molar-refractivity contribution < 1.29 is 23.0 Å². The summed E-state index contributed by atoms with van der Waals surface area (Å²) in [6.07, 6.45) is 1.87. The van der Waals surface area contributed by atoms with E-state index in [1.807, 2.05) is 6.07 Å². The zero-order valence-corrected chi connectivity index (χ0v) is 24.2. The van der Waals surface area contributed by atoms with Gasteiger partial charge in [0.05, 0.1) is 24.1 Å². The van der Waals surface area contributed by atoms with Crippen LogP contribution >= 0.6 is 0 Å². The summed E-state index contributed by atoms with van der Waals surface area (Å²) in [5, 5.41) is 18.5. The Hall–Kier alpha value is -3.11. The summed E-state index contributed by atoms with van der Waals surface area (Å²) in [6, 6.07) is 7.05. The monoisotopic (exact) mass is 560 g/mol. The van der Waals surface area contributed by atoms with E-state index in [9.17, 15) is 18.7 Å². The van der Waals surface area contributed by atoms with Crippen molar-refractivity contribution >= 4 is 16.6 Å². The Labute approximate surface area is 232 Å². The molecule has 0 radical (unpaired) electrons. The molecule has 0 bridgehead atoms. The predicted octanol–water partition coefficient (Wildman–Crippen LogP) is 5.70. The van der Waals surface area contributed by atoms with Gasteiger partial charge in [-0.15, -0.1) is 0 Å². The molecule has 218 valence electrons. The molecule has 1 saturated heterocycles. The van der Waals surface area contributed by atoms with Crippen molar-refractivity contribution in [3.8, 4) is 5.75 Å². The number of likely N-dealkylation sites (tertiary alicyclic amines) is 1. The fourth-order valence-corrected chi connectivity index (χ4v) is 5.46. The van der Waals surface area contributed by atoms with E-state index in [-0.39, 0.29) is 17.0 Å². The van der Waals surface area contributed by atoms with Crippen molar-refractivity contribution in [3.05, 3.63) is 63.2 Å². The van der Waals surface area contributed by atoms with Gasteiger partial charge in [-0.3, -0.25) is 4.79 Å². The van der Waals surface area contributed by atoms with Crippen LogP contribution in [-0.2, 0) is 13.0 Å². The molecule has 1 atom stereocenters. The molecule has 0 saturated carbocycles. The molecule has 7 nitrogen and oxygen atoms in total. The number of methoxy groups -OCH3 is 1. The van der Waals surface area contributed by atoms with Crippen LogP contribution in [0, 0.1) is 5.82 Å². The van der Waals surface area contributed by atoms with Gasteiger partial charge in [0, 0.05) is 24.0 Å². The summed E-state index contributed by atoms with van der Waals surface area (Å²) in [5.41, 5.74) is -2.70. The second kappa shape index (κ2) is 11.0. The fraction of sp³-hybridized carbons (Fsp3) is 0.533. The van der Waals surface area contributed by atoms with Crippen LogP contribution in [0.5, 0.6) is 5.75 Å². The minimum Gasteiger partial charge on any atom is -0.496 e. The molecule has 1 aromatic heterocycles. The average Bonchev–Trinajstić information content (AvgIpc) is 2.90. The van der Waals surface area contributed by atoms with E-state index < -0.39 is 28.9 Å². The molecule has 4 rings (SSSR count). The molecular formula is C30H39F3N4O3. The number of aliphatic hydroxyl groups is 1. The molecule has 1 aliphatic rings. The van der Waals surface area contributed by atoms with E-state index >= 15 is 4.39 Å². The topological polar surface area (TPSA) is 79.6 Å². The zero-order valence-electron chi connectivity index (χ0n) is 24.2. The van der Waals surface area contributed by atoms with Gasteiger partial charge in [0.2, 0.25) is 0 Å². The highest BCUT2D eigenvalue weighted by Gasteiger charge is 2.49. The molecule has 0 amide bonds.